The van der Waals surface area contributed by atoms with E-state index in [1.165, 1.54) is 0 Å². The summed E-state index contributed by atoms with van der Waals surface area (Å²) in [6.45, 7) is 6.23. The van der Waals surface area contributed by atoms with Crippen LogP contribution in [0.3, 0.4) is 0 Å². The number of amides is 2. The van der Waals surface area contributed by atoms with Gasteiger partial charge in [0.25, 0.3) is 5.91 Å². The van der Waals surface area contributed by atoms with E-state index in [1.807, 2.05) is 39.0 Å². The third-order valence-electron chi connectivity index (χ3n) is 7.59. The number of rotatable bonds is 7. The molecule has 3 aromatic rings. The fourth-order valence-electron chi connectivity index (χ4n) is 5.71. The van der Waals surface area contributed by atoms with E-state index in [1.54, 1.807) is 12.0 Å². The Hall–Kier alpha value is -2.43. The van der Waals surface area contributed by atoms with E-state index in [4.69, 9.17) is 16.3 Å². The molecule has 0 spiro atoms. The van der Waals surface area contributed by atoms with Crippen molar-refractivity contribution in [2.75, 3.05) is 7.11 Å². The van der Waals surface area contributed by atoms with Crippen LogP contribution in [0.15, 0.2) is 34.8 Å². The van der Waals surface area contributed by atoms with Crippen molar-refractivity contribution in [1.29, 1.82) is 0 Å². The zero-order valence-corrected chi connectivity index (χ0v) is 25.9. The van der Waals surface area contributed by atoms with E-state index < -0.39 is 23.6 Å². The summed E-state index contributed by atoms with van der Waals surface area (Å²) < 4.78 is 35.6. The minimum atomic E-state index is -1.06. The summed E-state index contributed by atoms with van der Waals surface area (Å²) in [4.78, 5) is 27.4. The molecule has 1 atom stereocenters. The van der Waals surface area contributed by atoms with Crippen LogP contribution in [0.2, 0.25) is 5.02 Å². The van der Waals surface area contributed by atoms with Gasteiger partial charge in [-0.3, -0.25) is 4.79 Å². The van der Waals surface area contributed by atoms with Crippen LogP contribution < -0.4 is 10.1 Å². The molecule has 1 saturated carbocycles. The van der Waals surface area contributed by atoms with Gasteiger partial charge in [0.15, 0.2) is 0 Å². The lowest BCUT2D eigenvalue weighted by atomic mass is 9.72. The number of nitrogens with zero attached hydrogens (tertiary/aromatic N) is 1. The normalized spacial score (nSPS) is 18.4. The number of carbonyl (C=O) groups excluding carboxylic acids is 1. The molecule has 0 bridgehead atoms. The Kier molecular flexibility index (Phi) is 9.31. The summed E-state index contributed by atoms with van der Waals surface area (Å²) >= 11 is 10.9. The zero-order chi connectivity index (χ0) is 29.4. The zero-order valence-electron chi connectivity index (χ0n) is 22.7. The van der Waals surface area contributed by atoms with Gasteiger partial charge in [0, 0.05) is 28.7 Å². The summed E-state index contributed by atoms with van der Waals surface area (Å²) in [6, 6.07) is 7.12. The van der Waals surface area contributed by atoms with Gasteiger partial charge < -0.3 is 20.1 Å². The molecule has 0 saturated heterocycles. The topological polar surface area (TPSA) is 78.9 Å². The molecule has 0 radical (unpaired) electrons. The largest absolute Gasteiger partial charge is 0.496 e. The number of benzene rings is 2. The van der Waals surface area contributed by atoms with Crippen molar-refractivity contribution in [3.05, 3.63) is 61.9 Å². The number of hydrogen-bond acceptors (Lipinski definition) is 4. The molecular weight excluding hydrogens is 626 g/mol. The van der Waals surface area contributed by atoms with Gasteiger partial charge in [0.2, 0.25) is 0 Å². The van der Waals surface area contributed by atoms with Crippen molar-refractivity contribution in [2.24, 2.45) is 11.3 Å². The molecule has 1 aliphatic rings. The molecule has 2 amide bonds. The van der Waals surface area contributed by atoms with Gasteiger partial charge >= 0.3 is 6.09 Å². The molecule has 216 valence electrons. The smallest absolute Gasteiger partial charge is 0.404 e. The van der Waals surface area contributed by atoms with E-state index in [0.29, 0.717) is 31.4 Å². The lowest BCUT2D eigenvalue weighted by Crippen LogP contribution is -2.50. The summed E-state index contributed by atoms with van der Waals surface area (Å²) in [5.74, 6) is -1.03. The number of carbonyl (C=O) groups is 2. The van der Waals surface area contributed by atoms with Crippen LogP contribution in [0.4, 0.5) is 13.6 Å². The SMILES string of the molecule is COc1ccc(Br)cc1CN(C(=O)c1sc2c(F)ccc(F)c2c1Cl)C1CCC(C(NC(=O)O)C(C)(C)C)CC1. The third-order valence-corrected chi connectivity index (χ3v) is 9.75. The molecule has 2 aromatic carbocycles. The number of halogens is 4. The molecule has 1 unspecified atom stereocenters. The lowest BCUT2D eigenvalue weighted by Gasteiger charge is -2.43. The minimum absolute atomic E-state index is 0.00445. The van der Waals surface area contributed by atoms with E-state index in [0.717, 1.165) is 33.5 Å². The van der Waals surface area contributed by atoms with Crippen molar-refractivity contribution in [1.82, 2.24) is 10.2 Å². The summed E-state index contributed by atoms with van der Waals surface area (Å²) in [6.07, 6.45) is 1.61. The van der Waals surface area contributed by atoms with Crippen LogP contribution in [0.25, 0.3) is 10.1 Å². The highest BCUT2D eigenvalue weighted by atomic mass is 79.9. The standard InChI is InChI=1S/C29H32BrClF2N2O4S/c1-29(2,3)26(34-28(37)38)15-5-8-18(9-6-15)35(14-16-13-17(30)7-12-21(16)39-4)27(36)25-23(31)22-19(32)10-11-20(33)24(22)40-25/h7,10-13,15,18,26,34H,5-6,8-9,14H2,1-4H3,(H,37,38). The Bertz CT molecular complexity index is 1420. The van der Waals surface area contributed by atoms with Crippen molar-refractivity contribution in [3.8, 4) is 5.75 Å². The number of nitrogens with one attached hydrogen (secondary N) is 1. The fourth-order valence-corrected chi connectivity index (χ4v) is 7.62. The first kappa shape index (κ1) is 30.5. The third kappa shape index (κ3) is 6.39. The predicted octanol–water partition coefficient (Wildman–Crippen LogP) is 8.49. The van der Waals surface area contributed by atoms with Crippen molar-refractivity contribution in [2.45, 2.75) is 65.1 Å². The fraction of sp³-hybridized carbons (Fsp3) is 0.448. The van der Waals surface area contributed by atoms with Gasteiger partial charge in [-0.25, -0.2) is 13.6 Å². The Morgan fingerprint density at radius 2 is 1.82 bits per heavy atom. The number of carboxylic acid groups (broad SMARTS) is 1. The molecule has 1 heterocycles. The van der Waals surface area contributed by atoms with E-state index in [9.17, 15) is 23.5 Å². The number of methoxy groups -OCH3 is 1. The first-order valence-corrected chi connectivity index (χ1v) is 15.0. The maximum Gasteiger partial charge on any atom is 0.404 e. The Labute approximate surface area is 249 Å². The van der Waals surface area contributed by atoms with Crippen LogP contribution in [0.5, 0.6) is 5.75 Å². The average molecular weight is 658 g/mol. The van der Waals surface area contributed by atoms with E-state index in [2.05, 4.69) is 21.2 Å². The van der Waals surface area contributed by atoms with Crippen molar-refractivity contribution in [3.63, 3.8) is 0 Å². The Morgan fingerprint density at radius 1 is 1.18 bits per heavy atom. The quantitative estimate of drug-likeness (QED) is 0.267. The highest BCUT2D eigenvalue weighted by Crippen LogP contribution is 2.42. The van der Waals surface area contributed by atoms with Crippen molar-refractivity contribution >= 4 is 61.0 Å². The lowest BCUT2D eigenvalue weighted by molar-refractivity contribution is 0.0543. The van der Waals surface area contributed by atoms with Gasteiger partial charge in [-0.2, -0.15) is 0 Å². The highest BCUT2D eigenvalue weighted by Gasteiger charge is 2.39. The first-order chi connectivity index (χ1) is 18.8. The van der Waals surface area contributed by atoms with Crippen molar-refractivity contribution < 1.29 is 28.2 Å². The summed E-state index contributed by atoms with van der Waals surface area (Å²) in [7, 11) is 1.56. The van der Waals surface area contributed by atoms with Gasteiger partial charge in [-0.05, 0) is 67.3 Å². The highest BCUT2D eigenvalue weighted by molar-refractivity contribution is 9.10. The second kappa shape index (κ2) is 12.2. The van der Waals surface area contributed by atoms with E-state index >= 15 is 0 Å². The molecule has 2 N–H and O–H groups in total. The molecule has 11 heteroatoms. The number of ether oxygens (including phenoxy) is 1. The molecule has 1 aliphatic carbocycles. The number of fused-ring (bicyclic) bond motifs is 1. The first-order valence-electron chi connectivity index (χ1n) is 13.0. The molecule has 4 rings (SSSR count). The summed E-state index contributed by atoms with van der Waals surface area (Å²) in [5.41, 5.74) is 0.482. The summed E-state index contributed by atoms with van der Waals surface area (Å²) in [5, 5.41) is 11.9. The number of thiophene rings is 1. The van der Waals surface area contributed by atoms with Gasteiger partial charge in [-0.1, -0.05) is 48.3 Å². The van der Waals surface area contributed by atoms with Gasteiger partial charge in [-0.15, -0.1) is 11.3 Å². The second-order valence-corrected chi connectivity index (χ2v) is 13.5. The van der Waals surface area contributed by atoms with Gasteiger partial charge in [0.05, 0.1) is 22.2 Å². The van der Waals surface area contributed by atoms with Gasteiger partial charge in [0.1, 0.15) is 22.3 Å². The monoisotopic (exact) mass is 656 g/mol. The molecule has 6 nitrogen and oxygen atoms in total. The second-order valence-electron chi connectivity index (χ2n) is 11.2. The molecule has 0 aliphatic heterocycles. The molecule has 1 fully saturated rings. The number of hydrogen-bond donors (Lipinski definition) is 2. The predicted molar refractivity (Wildman–Crippen MR) is 157 cm³/mol. The van der Waals surface area contributed by atoms with Crippen LogP contribution >= 0.6 is 38.9 Å². The maximum atomic E-state index is 14.6. The average Bonchev–Trinajstić information content (AvgIpc) is 3.25. The van der Waals surface area contributed by atoms with E-state index in [-0.39, 0.29) is 49.9 Å². The molecule has 1 aromatic heterocycles. The minimum Gasteiger partial charge on any atom is -0.496 e. The Morgan fingerprint density at radius 3 is 2.40 bits per heavy atom. The Balaban J connectivity index is 1.69. The van der Waals surface area contributed by atoms with Crippen LogP contribution in [-0.4, -0.2) is 41.2 Å². The molecule has 40 heavy (non-hydrogen) atoms. The van der Waals surface area contributed by atoms with Crippen LogP contribution in [0, 0.1) is 23.0 Å². The van der Waals surface area contributed by atoms with Crippen LogP contribution in [-0.2, 0) is 6.54 Å². The van der Waals surface area contributed by atoms with Crippen LogP contribution in [0.1, 0.15) is 61.7 Å². The maximum absolute atomic E-state index is 14.6. The molecular formula is C29H32BrClF2N2O4S.